The Labute approximate surface area is 45.9 Å². The average molecular weight is 232 g/mol. The molecule has 0 N–H and O–H groups in total. The molecule has 0 amide bonds. The van der Waals surface area contributed by atoms with Crippen LogP contribution in [0.25, 0.3) is 0 Å². The molecule has 0 aliphatic carbocycles. The van der Waals surface area contributed by atoms with Crippen molar-refractivity contribution >= 4 is 23.9 Å². The van der Waals surface area contributed by atoms with E-state index >= 15 is 0 Å². The number of hydrogen-bond acceptors (Lipinski definition) is 1. The molecule has 0 aliphatic heterocycles. The van der Waals surface area contributed by atoms with Crippen molar-refractivity contribution in [1.29, 1.82) is 0 Å². The first kappa shape index (κ1) is 9.38. The van der Waals surface area contributed by atoms with Crippen LogP contribution in [0.15, 0.2) is 0 Å². The molecular formula is H12B6LaO. The minimum absolute atomic E-state index is 1.90. The fourth-order valence-electron chi connectivity index (χ4n) is 0. The van der Waals surface area contributed by atoms with E-state index in [9.17, 15) is 1.70 Å². The van der Waals surface area contributed by atoms with Gasteiger partial charge in [0.2, 0.25) is 0 Å². The van der Waals surface area contributed by atoms with Crippen LogP contribution in [0.5, 0.6) is 0 Å². The summed E-state index contributed by atoms with van der Waals surface area (Å²) in [6.45, 7) is 0. The van der Waals surface area contributed by atoms with Gasteiger partial charge in [0.15, 0.2) is 0 Å². The zero-order valence-electron chi connectivity index (χ0n) is 6.99. The maximum absolute atomic E-state index is 12.0. The van der Waals surface area contributed by atoms with Crippen molar-refractivity contribution in [3.05, 3.63) is 0 Å². The minimum atomic E-state index is -4.23. The number of rotatable bonds is 0. The first-order chi connectivity index (χ1) is 2.65. The monoisotopic (exact) mass is 233 g/mol. The molecule has 0 aromatic heterocycles. The third-order valence-corrected chi connectivity index (χ3v) is 0. The molecule has 0 aliphatic rings. The molecule has 0 heterocycles. The topological polar surface area (TPSA) is 17.1 Å². The van der Waals surface area contributed by atoms with Gasteiger partial charge >= 0.3 is 46.5 Å². The first-order valence-electron chi connectivity index (χ1n) is 3.70. The van der Waals surface area contributed by atoms with E-state index in [0.29, 0.717) is 0 Å². The quantitative estimate of drug-likeness (QED) is 0.380. The van der Waals surface area contributed by atoms with Gasteiger partial charge in [0, 0.05) is 0 Å². The molecule has 39 valence electrons. The standard InChI is InChI=1S/6BH2.La.O/h6*1H2;;/q6*+1;-6;. The van der Waals surface area contributed by atoms with Crippen LogP contribution in [0.4, 0.5) is 0 Å². The van der Waals surface area contributed by atoms with E-state index in [-0.39, 0.29) is 0 Å². The molecule has 0 aromatic rings. The summed E-state index contributed by atoms with van der Waals surface area (Å²) in [4.78, 5) is 0. The Morgan fingerprint density at radius 1 is 0.750 bits per heavy atom. The van der Waals surface area contributed by atoms with E-state index in [1.54, 1.807) is 0 Å². The fraction of sp³-hybridized carbons (Fsp3) is 0. The first-order valence-corrected chi connectivity index (χ1v) is 26.9. The van der Waals surface area contributed by atoms with Crippen LogP contribution in [-0.2, 0) is 1.70 Å². The van der Waals surface area contributed by atoms with Crippen LogP contribution < -0.4 is 0 Å². The van der Waals surface area contributed by atoms with Crippen LogP contribution in [0.2, 0.25) is 0 Å². The molecule has 0 spiro atoms. The summed E-state index contributed by atoms with van der Waals surface area (Å²) in [6.07, 6.45) is 0. The van der Waals surface area contributed by atoms with Crippen LogP contribution in [0, 0.1) is 20.9 Å². The molecule has 8 heteroatoms. The van der Waals surface area contributed by atoms with Crippen molar-refractivity contribution in [1.82, 2.24) is 0 Å². The van der Waals surface area contributed by atoms with Crippen LogP contribution in [0.3, 0.4) is 0 Å². The van der Waals surface area contributed by atoms with Crippen molar-refractivity contribution < 1.29 is 22.6 Å². The van der Waals surface area contributed by atoms with Gasteiger partial charge in [-0.25, -0.2) is 0 Å². The van der Waals surface area contributed by atoms with E-state index in [1.165, 1.54) is 0 Å². The van der Waals surface area contributed by atoms with Gasteiger partial charge in [0.1, 0.15) is 0 Å². The normalized spacial score (nSPS) is 26.2. The van der Waals surface area contributed by atoms with Gasteiger partial charge < -0.3 is 0 Å². The summed E-state index contributed by atoms with van der Waals surface area (Å²) in [6, 6.07) is 0. The van der Waals surface area contributed by atoms with Crippen molar-refractivity contribution in [2.24, 2.45) is 0 Å². The van der Waals surface area contributed by atoms with Crippen molar-refractivity contribution in [3.63, 3.8) is 0 Å². The Morgan fingerprint density at radius 2 is 0.750 bits per heavy atom. The molecule has 0 saturated heterocycles. The summed E-state index contributed by atoms with van der Waals surface area (Å²) >= 11 is -4.23. The molecule has 0 aromatic carbocycles. The molecular weight excluding hydrogens is 220 g/mol. The van der Waals surface area contributed by atoms with E-state index in [0.717, 1.165) is 0 Å². The summed E-state index contributed by atoms with van der Waals surface area (Å²) in [5, 5.41) is 0. The van der Waals surface area contributed by atoms with Crippen LogP contribution in [0.1, 0.15) is 0 Å². The van der Waals surface area contributed by atoms with E-state index in [1.807, 2.05) is 23.9 Å². The molecule has 0 saturated carbocycles. The predicted octanol–water partition coefficient (Wildman–Crippen LogP) is -5.62. The second-order valence-electron chi connectivity index (χ2n) is 10.1. The van der Waals surface area contributed by atoms with Gasteiger partial charge in [0.25, 0.3) is 0 Å². The Balaban J connectivity index is 5.55. The third-order valence-electron chi connectivity index (χ3n) is 0. The van der Waals surface area contributed by atoms with Gasteiger partial charge in [-0.3, -0.25) is 0 Å². The molecule has 0 fully saturated rings. The number of hydrogen-bond donors (Lipinski definition) is 0. The fourth-order valence-corrected chi connectivity index (χ4v) is 0. The molecule has 0 atom stereocenters. The second-order valence-corrected chi connectivity index (χ2v) is 73.3. The van der Waals surface area contributed by atoms with Gasteiger partial charge in [-0.2, -0.15) is 0 Å². The average Bonchev–Trinajstić information content (AvgIpc) is 0.544. The van der Waals surface area contributed by atoms with E-state index in [4.69, 9.17) is 0 Å². The Hall–Kier alpha value is 1.38. The Kier molecular flexibility index (Phi) is 1.07. The SMILES string of the molecule is [BH2][La]([BH2])([BH2])([BH2])([BH2])([BH2])=[O]. The molecule has 0 rings (SSSR count). The molecule has 0 bridgehead atoms. The zero-order valence-corrected chi connectivity index (χ0v) is 10.6. The molecule has 0 radical (unpaired) electrons. The zero-order chi connectivity index (χ0) is 7.38. The van der Waals surface area contributed by atoms with Crippen LogP contribution in [-0.4, -0.2) is 23.9 Å². The second kappa shape index (κ2) is 0.912. The summed E-state index contributed by atoms with van der Waals surface area (Å²) in [5.74, 6) is 0. The molecule has 1 nitrogen and oxygen atoms in total. The summed E-state index contributed by atoms with van der Waals surface area (Å²) < 4.78 is 23.4. The molecule has 0 unspecified atom stereocenters. The van der Waals surface area contributed by atoms with Gasteiger partial charge in [-0.15, -0.1) is 0 Å². The Morgan fingerprint density at radius 3 is 0.750 bits per heavy atom. The predicted molar refractivity (Wildman–Crippen MR) is 52.0 cm³/mol. The van der Waals surface area contributed by atoms with Gasteiger partial charge in [-0.05, 0) is 0 Å². The summed E-state index contributed by atoms with van der Waals surface area (Å²) in [5.41, 5.74) is 0. The van der Waals surface area contributed by atoms with Crippen LogP contribution >= 0.6 is 0 Å². The molecule has 8 heavy (non-hydrogen) atoms. The van der Waals surface area contributed by atoms with Crippen molar-refractivity contribution in [3.8, 4) is 0 Å². The maximum atomic E-state index is 12.0. The van der Waals surface area contributed by atoms with E-state index < -0.39 is 20.9 Å². The summed E-state index contributed by atoms with van der Waals surface area (Å²) in [7, 11) is 0. The Bertz CT molecular complexity index is 176. The van der Waals surface area contributed by atoms with Gasteiger partial charge in [-0.1, -0.05) is 0 Å². The third kappa shape index (κ3) is 157. The van der Waals surface area contributed by atoms with Crippen molar-refractivity contribution in [2.45, 2.75) is 0 Å². The van der Waals surface area contributed by atoms with E-state index in [2.05, 4.69) is 0 Å². The van der Waals surface area contributed by atoms with Crippen molar-refractivity contribution in [2.75, 3.05) is 0 Å². The van der Waals surface area contributed by atoms with Gasteiger partial charge in [0.05, 0.1) is 0 Å².